The molecule has 0 bridgehead atoms. The van der Waals surface area contributed by atoms with Gasteiger partial charge in [0.25, 0.3) is 0 Å². The minimum atomic E-state index is -0.857. The minimum absolute atomic E-state index is 0.316. The summed E-state index contributed by atoms with van der Waals surface area (Å²) in [4.78, 5) is -0.316. The van der Waals surface area contributed by atoms with Crippen molar-refractivity contribution in [3.8, 4) is 0 Å². The van der Waals surface area contributed by atoms with Gasteiger partial charge >= 0.3 is 0 Å². The van der Waals surface area contributed by atoms with Crippen LogP contribution >= 0.6 is 0 Å². The van der Waals surface area contributed by atoms with Gasteiger partial charge in [-0.15, -0.1) is 0 Å². The summed E-state index contributed by atoms with van der Waals surface area (Å²) in [6, 6.07) is 10.3. The fourth-order valence-corrected chi connectivity index (χ4v) is 4.53. The first-order valence-corrected chi connectivity index (χ1v) is 8.16. The molecule has 18 heavy (non-hydrogen) atoms. The van der Waals surface area contributed by atoms with Crippen LogP contribution < -0.4 is 5.32 Å². The second kappa shape index (κ2) is 5.98. The average Bonchev–Trinajstić information content (AvgIpc) is 2.40. The van der Waals surface area contributed by atoms with Crippen LogP contribution in [0.4, 0.5) is 0 Å². The SMILES string of the molecule is CC(C)CS(=O)C1(c2ccccc2)CCCCN1. The predicted octanol–water partition coefficient (Wildman–Crippen LogP) is 3.02. The average molecular weight is 265 g/mol. The van der Waals surface area contributed by atoms with Gasteiger partial charge in [0.05, 0.1) is 0 Å². The fraction of sp³-hybridized carbons (Fsp3) is 0.600. The van der Waals surface area contributed by atoms with E-state index in [4.69, 9.17) is 0 Å². The summed E-state index contributed by atoms with van der Waals surface area (Å²) in [5, 5.41) is 3.55. The van der Waals surface area contributed by atoms with Gasteiger partial charge in [0.15, 0.2) is 0 Å². The first-order chi connectivity index (χ1) is 8.65. The van der Waals surface area contributed by atoms with E-state index in [2.05, 4.69) is 31.3 Å². The Morgan fingerprint density at radius 1 is 1.28 bits per heavy atom. The van der Waals surface area contributed by atoms with Crippen LogP contribution in [0.15, 0.2) is 30.3 Å². The molecular formula is C15H23NOS. The number of nitrogens with one attached hydrogen (secondary N) is 1. The minimum Gasteiger partial charge on any atom is -0.297 e. The van der Waals surface area contributed by atoms with Crippen molar-refractivity contribution in [1.82, 2.24) is 5.32 Å². The topological polar surface area (TPSA) is 29.1 Å². The van der Waals surface area contributed by atoms with Crippen molar-refractivity contribution < 1.29 is 4.21 Å². The van der Waals surface area contributed by atoms with Crippen LogP contribution in [0, 0.1) is 5.92 Å². The van der Waals surface area contributed by atoms with Gasteiger partial charge in [-0.1, -0.05) is 44.2 Å². The largest absolute Gasteiger partial charge is 0.297 e. The van der Waals surface area contributed by atoms with Crippen molar-refractivity contribution in [2.24, 2.45) is 5.92 Å². The van der Waals surface area contributed by atoms with Gasteiger partial charge in [-0.25, -0.2) is 0 Å². The number of hydrogen-bond acceptors (Lipinski definition) is 2. The highest BCUT2D eigenvalue weighted by Gasteiger charge is 2.39. The van der Waals surface area contributed by atoms with E-state index in [1.165, 1.54) is 12.0 Å². The third-order valence-electron chi connectivity index (χ3n) is 3.48. The molecule has 0 amide bonds. The molecule has 2 rings (SSSR count). The molecule has 0 spiro atoms. The van der Waals surface area contributed by atoms with Crippen molar-refractivity contribution in [2.45, 2.75) is 38.0 Å². The molecule has 2 nitrogen and oxygen atoms in total. The number of rotatable bonds is 4. The molecule has 1 aromatic rings. The maximum Gasteiger partial charge on any atom is 0.120 e. The second-order valence-electron chi connectivity index (χ2n) is 5.48. The molecule has 0 saturated carbocycles. The number of hydrogen-bond donors (Lipinski definition) is 1. The van der Waals surface area contributed by atoms with E-state index in [9.17, 15) is 4.21 Å². The van der Waals surface area contributed by atoms with Gasteiger partial charge in [0.1, 0.15) is 4.87 Å². The lowest BCUT2D eigenvalue weighted by molar-refractivity contribution is 0.361. The summed E-state index contributed by atoms with van der Waals surface area (Å²) in [5.74, 6) is 1.23. The standard InChI is InChI=1S/C15H23NOS/c1-13(2)12-18(17)15(10-6-7-11-16-15)14-8-4-3-5-9-14/h3-5,8-9,13,16H,6-7,10-12H2,1-2H3. The van der Waals surface area contributed by atoms with Crippen LogP contribution in [0.5, 0.6) is 0 Å². The molecule has 1 aliphatic heterocycles. The van der Waals surface area contributed by atoms with Crippen molar-refractivity contribution >= 4 is 10.8 Å². The van der Waals surface area contributed by atoms with Crippen molar-refractivity contribution in [2.75, 3.05) is 12.3 Å². The molecule has 0 aromatic heterocycles. The Balaban J connectivity index is 2.31. The van der Waals surface area contributed by atoms with Gasteiger partial charge < -0.3 is 0 Å². The van der Waals surface area contributed by atoms with E-state index in [0.29, 0.717) is 5.92 Å². The Hall–Kier alpha value is -0.670. The summed E-state index contributed by atoms with van der Waals surface area (Å²) in [6.07, 6.45) is 3.33. The lowest BCUT2D eigenvalue weighted by atomic mass is 9.97. The van der Waals surface area contributed by atoms with Gasteiger partial charge in [-0.05, 0) is 37.3 Å². The second-order valence-corrected chi connectivity index (χ2v) is 7.20. The van der Waals surface area contributed by atoms with Gasteiger partial charge in [-0.3, -0.25) is 9.53 Å². The van der Waals surface area contributed by atoms with Crippen LogP contribution in [0.3, 0.4) is 0 Å². The monoisotopic (exact) mass is 265 g/mol. The van der Waals surface area contributed by atoms with Gasteiger partial charge in [-0.2, -0.15) is 0 Å². The summed E-state index contributed by atoms with van der Waals surface area (Å²) in [6.45, 7) is 5.25. The summed E-state index contributed by atoms with van der Waals surface area (Å²) in [5.41, 5.74) is 1.18. The van der Waals surface area contributed by atoms with E-state index in [0.717, 1.165) is 25.1 Å². The van der Waals surface area contributed by atoms with Crippen LogP contribution in [0.25, 0.3) is 0 Å². The van der Waals surface area contributed by atoms with Gasteiger partial charge in [0.2, 0.25) is 0 Å². The molecular weight excluding hydrogens is 242 g/mol. The van der Waals surface area contributed by atoms with E-state index < -0.39 is 10.8 Å². The molecule has 2 atom stereocenters. The lowest BCUT2D eigenvalue weighted by Crippen LogP contribution is -2.50. The Morgan fingerprint density at radius 2 is 2.00 bits per heavy atom. The molecule has 2 unspecified atom stereocenters. The zero-order chi connectivity index (χ0) is 13.0. The van der Waals surface area contributed by atoms with Crippen LogP contribution in [-0.2, 0) is 15.7 Å². The Morgan fingerprint density at radius 3 is 2.56 bits per heavy atom. The zero-order valence-corrected chi connectivity index (χ0v) is 12.1. The molecule has 0 aliphatic carbocycles. The van der Waals surface area contributed by atoms with Crippen molar-refractivity contribution in [3.63, 3.8) is 0 Å². The molecule has 1 fully saturated rings. The maximum atomic E-state index is 12.8. The Kier molecular flexibility index (Phi) is 4.57. The molecule has 100 valence electrons. The molecule has 1 heterocycles. The van der Waals surface area contributed by atoms with Crippen molar-refractivity contribution in [1.29, 1.82) is 0 Å². The third-order valence-corrected chi connectivity index (χ3v) is 5.81. The maximum absolute atomic E-state index is 12.8. The molecule has 0 radical (unpaired) electrons. The predicted molar refractivity (Wildman–Crippen MR) is 77.8 cm³/mol. The smallest absolute Gasteiger partial charge is 0.120 e. The van der Waals surface area contributed by atoms with Crippen LogP contribution in [0.1, 0.15) is 38.7 Å². The van der Waals surface area contributed by atoms with E-state index in [1.807, 2.05) is 18.2 Å². The highest BCUT2D eigenvalue weighted by Crippen LogP contribution is 2.34. The van der Waals surface area contributed by atoms with Gasteiger partial charge in [0, 0.05) is 16.6 Å². The fourth-order valence-electron chi connectivity index (χ4n) is 2.60. The molecule has 1 N–H and O–H groups in total. The number of benzene rings is 1. The van der Waals surface area contributed by atoms with Crippen molar-refractivity contribution in [3.05, 3.63) is 35.9 Å². The first-order valence-electron chi connectivity index (χ1n) is 6.84. The normalized spacial score (nSPS) is 26.2. The Labute approximate surface area is 113 Å². The highest BCUT2D eigenvalue weighted by atomic mass is 32.2. The zero-order valence-electron chi connectivity index (χ0n) is 11.3. The van der Waals surface area contributed by atoms with Crippen LogP contribution in [0.2, 0.25) is 0 Å². The van der Waals surface area contributed by atoms with Crippen LogP contribution in [-0.4, -0.2) is 16.5 Å². The molecule has 3 heteroatoms. The summed E-state index contributed by atoms with van der Waals surface area (Å²) in [7, 11) is -0.857. The first kappa shape index (κ1) is 13.8. The van der Waals surface area contributed by atoms with E-state index in [-0.39, 0.29) is 4.87 Å². The van der Waals surface area contributed by atoms with E-state index >= 15 is 0 Å². The summed E-state index contributed by atoms with van der Waals surface area (Å²) < 4.78 is 12.8. The molecule has 1 aromatic carbocycles. The highest BCUT2D eigenvalue weighted by molar-refractivity contribution is 7.86. The molecule has 1 saturated heterocycles. The Bertz CT molecular complexity index is 396. The number of piperidine rings is 1. The summed E-state index contributed by atoms with van der Waals surface area (Å²) >= 11 is 0. The van der Waals surface area contributed by atoms with E-state index in [1.54, 1.807) is 0 Å². The molecule has 1 aliphatic rings. The lowest BCUT2D eigenvalue weighted by Gasteiger charge is -2.38. The quantitative estimate of drug-likeness (QED) is 0.906. The third kappa shape index (κ3) is 2.83.